The van der Waals surface area contributed by atoms with Crippen LogP contribution in [0.15, 0.2) is 0 Å². The number of alkyl halides is 3. The molecule has 112 valence electrons. The summed E-state index contributed by atoms with van der Waals surface area (Å²) in [5.41, 5.74) is 0. The first-order valence-corrected chi connectivity index (χ1v) is 6.58. The molecule has 0 saturated carbocycles. The number of amides is 1. The van der Waals surface area contributed by atoms with Crippen molar-refractivity contribution < 1.29 is 22.7 Å². The lowest BCUT2D eigenvalue weighted by Crippen LogP contribution is -2.43. The number of ether oxygens (including phenoxy) is 1. The molecule has 0 radical (unpaired) electrons. The van der Waals surface area contributed by atoms with Gasteiger partial charge in [-0.15, -0.1) is 0 Å². The van der Waals surface area contributed by atoms with Crippen molar-refractivity contribution in [2.75, 3.05) is 39.4 Å². The molecule has 1 N–H and O–H groups in total. The molecule has 0 aromatic carbocycles. The van der Waals surface area contributed by atoms with Crippen LogP contribution in [-0.4, -0.2) is 56.4 Å². The Kier molecular flexibility index (Phi) is 6.57. The highest BCUT2D eigenvalue weighted by Gasteiger charge is 2.35. The van der Waals surface area contributed by atoms with E-state index in [4.69, 9.17) is 4.74 Å². The molecule has 1 unspecified atom stereocenters. The molecule has 1 aliphatic heterocycles. The van der Waals surface area contributed by atoms with Gasteiger partial charge >= 0.3 is 6.18 Å². The third-order valence-electron chi connectivity index (χ3n) is 3.01. The van der Waals surface area contributed by atoms with E-state index < -0.39 is 18.6 Å². The number of nitrogens with one attached hydrogen (secondary N) is 1. The number of halogens is 3. The van der Waals surface area contributed by atoms with Gasteiger partial charge in [0.05, 0.1) is 5.92 Å². The fraction of sp³-hybridized carbons (Fsp3) is 0.917. The van der Waals surface area contributed by atoms with Crippen molar-refractivity contribution in [2.45, 2.75) is 25.9 Å². The minimum absolute atomic E-state index is 0.0921. The average molecular weight is 282 g/mol. The predicted octanol–water partition coefficient (Wildman–Crippen LogP) is 1.41. The lowest BCUT2D eigenvalue weighted by atomic mass is 10.1. The van der Waals surface area contributed by atoms with E-state index in [0.717, 1.165) is 4.90 Å². The van der Waals surface area contributed by atoms with Crippen molar-refractivity contribution in [3.63, 3.8) is 0 Å². The summed E-state index contributed by atoms with van der Waals surface area (Å²) < 4.78 is 42.6. The zero-order chi connectivity index (χ0) is 14.3. The first kappa shape index (κ1) is 16.2. The van der Waals surface area contributed by atoms with Gasteiger partial charge in [0.15, 0.2) is 0 Å². The van der Waals surface area contributed by atoms with Gasteiger partial charge in [-0.1, -0.05) is 0 Å². The molecule has 1 fully saturated rings. The molecule has 0 bridgehead atoms. The monoisotopic (exact) mass is 282 g/mol. The molecule has 1 aliphatic rings. The van der Waals surface area contributed by atoms with Crippen LogP contribution in [0, 0.1) is 5.92 Å². The van der Waals surface area contributed by atoms with Crippen LogP contribution in [0.5, 0.6) is 0 Å². The zero-order valence-electron chi connectivity index (χ0n) is 11.1. The molecule has 1 heterocycles. The van der Waals surface area contributed by atoms with E-state index in [1.807, 2.05) is 6.92 Å². The molecule has 19 heavy (non-hydrogen) atoms. The zero-order valence-corrected chi connectivity index (χ0v) is 11.1. The largest absolute Gasteiger partial charge is 0.406 e. The number of nitrogens with zero attached hydrogens (tertiary/aromatic N) is 1. The van der Waals surface area contributed by atoms with Crippen LogP contribution >= 0.6 is 0 Å². The molecule has 1 amide bonds. The molecular weight excluding hydrogens is 261 g/mol. The highest BCUT2D eigenvalue weighted by Crippen LogP contribution is 2.20. The Morgan fingerprint density at radius 3 is 2.74 bits per heavy atom. The molecule has 4 nitrogen and oxygen atoms in total. The van der Waals surface area contributed by atoms with E-state index >= 15 is 0 Å². The second kappa shape index (κ2) is 7.69. The number of hydrogen-bond donors (Lipinski definition) is 1. The van der Waals surface area contributed by atoms with Crippen molar-refractivity contribution in [3.8, 4) is 0 Å². The Labute approximate surface area is 111 Å². The molecule has 7 heteroatoms. The smallest absolute Gasteiger partial charge is 0.382 e. The quantitative estimate of drug-likeness (QED) is 0.718. The molecule has 1 atom stereocenters. The third kappa shape index (κ3) is 6.24. The van der Waals surface area contributed by atoms with E-state index in [2.05, 4.69) is 5.32 Å². The van der Waals surface area contributed by atoms with Crippen molar-refractivity contribution in [3.05, 3.63) is 0 Å². The Balaban J connectivity index is 2.49. The van der Waals surface area contributed by atoms with E-state index in [0.29, 0.717) is 39.1 Å². The Morgan fingerprint density at radius 1 is 1.47 bits per heavy atom. The predicted molar refractivity (Wildman–Crippen MR) is 64.7 cm³/mol. The Morgan fingerprint density at radius 2 is 2.21 bits per heavy atom. The lowest BCUT2D eigenvalue weighted by Gasteiger charge is -2.26. The number of rotatable bonds is 7. The van der Waals surface area contributed by atoms with E-state index in [-0.39, 0.29) is 12.5 Å². The first-order valence-electron chi connectivity index (χ1n) is 6.58. The van der Waals surface area contributed by atoms with Crippen LogP contribution in [0.25, 0.3) is 0 Å². The van der Waals surface area contributed by atoms with Crippen LogP contribution in [0.4, 0.5) is 13.2 Å². The summed E-state index contributed by atoms with van der Waals surface area (Å²) in [6.07, 6.45) is -3.32. The van der Waals surface area contributed by atoms with Crippen molar-refractivity contribution in [1.29, 1.82) is 0 Å². The van der Waals surface area contributed by atoms with Crippen molar-refractivity contribution in [1.82, 2.24) is 10.2 Å². The van der Waals surface area contributed by atoms with E-state index in [1.54, 1.807) is 0 Å². The molecule has 0 aromatic heterocycles. The summed E-state index contributed by atoms with van der Waals surface area (Å²) in [6, 6.07) is 0. The van der Waals surface area contributed by atoms with Gasteiger partial charge in [-0.25, -0.2) is 0 Å². The normalized spacial score (nSPS) is 19.7. The van der Waals surface area contributed by atoms with Crippen LogP contribution in [0.1, 0.15) is 19.8 Å². The highest BCUT2D eigenvalue weighted by molar-refractivity contribution is 5.79. The van der Waals surface area contributed by atoms with Gasteiger partial charge in [0.1, 0.15) is 6.54 Å². The fourth-order valence-electron chi connectivity index (χ4n) is 2.11. The summed E-state index contributed by atoms with van der Waals surface area (Å²) in [4.78, 5) is 12.9. The van der Waals surface area contributed by atoms with Gasteiger partial charge in [-0.3, -0.25) is 4.79 Å². The minimum atomic E-state index is -4.35. The van der Waals surface area contributed by atoms with Gasteiger partial charge < -0.3 is 15.0 Å². The van der Waals surface area contributed by atoms with Crippen molar-refractivity contribution >= 4 is 5.91 Å². The maximum absolute atomic E-state index is 12.5. The van der Waals surface area contributed by atoms with Gasteiger partial charge in [-0.05, 0) is 26.3 Å². The van der Waals surface area contributed by atoms with Gasteiger partial charge in [0.2, 0.25) is 5.91 Å². The number of carbonyl (C=O) groups is 1. The Bertz CT molecular complexity index is 279. The third-order valence-corrected chi connectivity index (χ3v) is 3.01. The van der Waals surface area contributed by atoms with Crippen LogP contribution in [0.3, 0.4) is 0 Å². The minimum Gasteiger partial charge on any atom is -0.382 e. The molecule has 0 aromatic rings. The maximum Gasteiger partial charge on any atom is 0.406 e. The molecule has 0 spiro atoms. The Hall–Kier alpha value is -0.820. The summed E-state index contributed by atoms with van der Waals surface area (Å²) in [7, 11) is 0. The van der Waals surface area contributed by atoms with Crippen LogP contribution < -0.4 is 5.32 Å². The van der Waals surface area contributed by atoms with Crippen LogP contribution in [-0.2, 0) is 9.53 Å². The average Bonchev–Trinajstić information content (AvgIpc) is 2.84. The summed E-state index contributed by atoms with van der Waals surface area (Å²) in [6.45, 7) is 2.81. The second-order valence-electron chi connectivity index (χ2n) is 4.62. The van der Waals surface area contributed by atoms with E-state index in [1.165, 1.54) is 0 Å². The first-order chi connectivity index (χ1) is 8.94. The maximum atomic E-state index is 12.5. The van der Waals surface area contributed by atoms with Gasteiger partial charge in [-0.2, -0.15) is 13.2 Å². The van der Waals surface area contributed by atoms with Gasteiger partial charge in [0.25, 0.3) is 0 Å². The summed E-state index contributed by atoms with van der Waals surface area (Å²) in [5.74, 6) is -0.728. The molecule has 1 rings (SSSR count). The van der Waals surface area contributed by atoms with E-state index in [9.17, 15) is 18.0 Å². The summed E-state index contributed by atoms with van der Waals surface area (Å²) in [5, 5.41) is 2.99. The summed E-state index contributed by atoms with van der Waals surface area (Å²) >= 11 is 0. The number of carbonyl (C=O) groups excluding carboxylic acids is 1. The number of hydrogen-bond acceptors (Lipinski definition) is 3. The van der Waals surface area contributed by atoms with Gasteiger partial charge in [0, 0.05) is 26.3 Å². The fourth-order valence-corrected chi connectivity index (χ4v) is 2.11. The topological polar surface area (TPSA) is 41.6 Å². The molecular formula is C12H21F3N2O2. The highest BCUT2D eigenvalue weighted by atomic mass is 19.4. The second-order valence-corrected chi connectivity index (χ2v) is 4.62. The lowest BCUT2D eigenvalue weighted by molar-refractivity contribution is -0.163. The SMILES string of the molecule is CCOCCCN(CC(F)(F)F)C(=O)C1CCNC1. The van der Waals surface area contributed by atoms with Crippen molar-refractivity contribution in [2.24, 2.45) is 5.92 Å². The molecule has 1 saturated heterocycles. The molecule has 0 aliphatic carbocycles. The van der Waals surface area contributed by atoms with Crippen LogP contribution in [0.2, 0.25) is 0 Å². The standard InChI is InChI=1S/C12H21F3N2O2/c1-2-19-7-3-6-17(9-12(13,14)15)11(18)10-4-5-16-8-10/h10,16H,2-9H2,1H3.